The fourth-order valence-electron chi connectivity index (χ4n) is 4.32. The molecule has 0 saturated carbocycles. The van der Waals surface area contributed by atoms with E-state index in [1.807, 2.05) is 0 Å². The number of rotatable bonds is 14. The van der Waals surface area contributed by atoms with Crippen molar-refractivity contribution in [1.29, 1.82) is 0 Å². The number of aliphatic hydroxyl groups excluding tert-OH is 1. The van der Waals surface area contributed by atoms with Gasteiger partial charge in [0.25, 0.3) is 0 Å². The molecular weight excluding hydrogens is 598 g/mol. The summed E-state index contributed by atoms with van der Waals surface area (Å²) in [6.07, 6.45) is -1.61. The normalized spacial score (nSPS) is 12.0. The number of aromatic nitrogens is 3. The Morgan fingerprint density at radius 2 is 1.04 bits per heavy atom. The van der Waals surface area contributed by atoms with Crippen LogP contribution < -0.4 is 17.1 Å². The lowest BCUT2D eigenvalue weighted by Crippen LogP contribution is -2.56. The molecule has 0 aliphatic heterocycles. The van der Waals surface area contributed by atoms with Gasteiger partial charge < -0.3 is 19.3 Å². The van der Waals surface area contributed by atoms with Gasteiger partial charge in [-0.15, -0.1) is 6.58 Å². The first kappa shape index (κ1) is 33.1. The Morgan fingerprint density at radius 1 is 0.630 bits per heavy atom. The number of hydrogen-bond donors (Lipinski definition) is 1. The van der Waals surface area contributed by atoms with Gasteiger partial charge in [-0.25, -0.2) is 42.5 Å². The average molecular weight is 630 g/mol. The van der Waals surface area contributed by atoms with Gasteiger partial charge in [0.1, 0.15) is 19.3 Å². The fourth-order valence-corrected chi connectivity index (χ4v) is 4.32. The Bertz CT molecular complexity index is 1850. The molecule has 0 bridgehead atoms. The van der Waals surface area contributed by atoms with Crippen LogP contribution in [0.3, 0.4) is 0 Å². The molecule has 1 heterocycles. The second-order valence-corrected chi connectivity index (χ2v) is 9.94. The molecule has 0 amide bonds. The van der Waals surface area contributed by atoms with Crippen LogP contribution in [0.15, 0.2) is 118 Å². The molecule has 1 aromatic heterocycles. The van der Waals surface area contributed by atoms with E-state index < -0.39 is 73.5 Å². The summed E-state index contributed by atoms with van der Waals surface area (Å²) in [6, 6.07) is 23.9. The van der Waals surface area contributed by atoms with Gasteiger partial charge in [-0.3, -0.25) is 0 Å². The van der Waals surface area contributed by atoms with Crippen molar-refractivity contribution >= 4 is 17.9 Å². The molecule has 0 aliphatic rings. The van der Waals surface area contributed by atoms with Gasteiger partial charge in [0.2, 0.25) is 0 Å². The molecule has 2 unspecified atom stereocenters. The van der Waals surface area contributed by atoms with Crippen LogP contribution in [-0.4, -0.2) is 62.1 Å². The maximum Gasteiger partial charge on any atom is 0.338 e. The van der Waals surface area contributed by atoms with Crippen molar-refractivity contribution in [3.05, 3.63) is 152 Å². The number of nitrogens with zero attached hydrogens (tertiary/aromatic N) is 3. The Labute approximate surface area is 262 Å². The fraction of sp³-hybridized carbons (Fsp3) is 0.212. The van der Waals surface area contributed by atoms with E-state index in [9.17, 15) is 33.9 Å². The number of carbonyl (C=O) groups is 3. The summed E-state index contributed by atoms with van der Waals surface area (Å²) >= 11 is 0. The van der Waals surface area contributed by atoms with E-state index in [2.05, 4.69) is 6.58 Å². The molecule has 1 N–H and O–H groups in total. The van der Waals surface area contributed by atoms with E-state index in [1.165, 1.54) is 42.5 Å². The standard InChI is InChI=1S/C33H31N3O10/c1-2-18-34-31(41)35(19-26(37)21-44-28(38)23-12-6-3-7-13-23)33(43)36(32(34)42)20-27(46-30(40)25-16-10-5-11-17-25)22-45-29(39)24-14-8-4-9-15-24/h2-17,26-27,37H,1,18-22H2. The second kappa shape index (κ2) is 15.8. The van der Waals surface area contributed by atoms with Gasteiger partial charge in [0.05, 0.1) is 36.3 Å². The molecule has 13 heteroatoms. The van der Waals surface area contributed by atoms with E-state index in [0.717, 1.165) is 0 Å². The molecule has 0 radical (unpaired) electrons. The number of esters is 3. The molecule has 13 nitrogen and oxygen atoms in total. The van der Waals surface area contributed by atoms with Crippen molar-refractivity contribution in [2.45, 2.75) is 31.8 Å². The molecule has 238 valence electrons. The van der Waals surface area contributed by atoms with Gasteiger partial charge in [-0.05, 0) is 36.4 Å². The third-order valence-corrected chi connectivity index (χ3v) is 6.59. The molecule has 0 saturated heterocycles. The van der Waals surface area contributed by atoms with E-state index in [4.69, 9.17) is 14.2 Å². The highest BCUT2D eigenvalue weighted by molar-refractivity contribution is 5.90. The average Bonchev–Trinajstić information content (AvgIpc) is 3.09. The number of benzene rings is 3. The number of hydrogen-bond acceptors (Lipinski definition) is 10. The Kier molecular flexibility index (Phi) is 11.3. The zero-order chi connectivity index (χ0) is 33.1. The number of aliphatic hydroxyl groups is 1. The minimum Gasteiger partial charge on any atom is -0.459 e. The van der Waals surface area contributed by atoms with Crippen molar-refractivity contribution in [3.63, 3.8) is 0 Å². The van der Waals surface area contributed by atoms with Crippen LogP contribution in [0.2, 0.25) is 0 Å². The van der Waals surface area contributed by atoms with E-state index in [0.29, 0.717) is 13.7 Å². The van der Waals surface area contributed by atoms with Crippen molar-refractivity contribution in [2.75, 3.05) is 13.2 Å². The van der Waals surface area contributed by atoms with Crippen LogP contribution >= 0.6 is 0 Å². The molecule has 0 spiro atoms. The molecule has 4 rings (SSSR count). The summed E-state index contributed by atoms with van der Waals surface area (Å²) in [5, 5.41) is 10.6. The van der Waals surface area contributed by atoms with Crippen LogP contribution in [0.4, 0.5) is 0 Å². The molecular formula is C33H31N3O10. The Morgan fingerprint density at radius 3 is 1.52 bits per heavy atom. The van der Waals surface area contributed by atoms with Crippen LogP contribution in [0.5, 0.6) is 0 Å². The summed E-state index contributed by atoms with van der Waals surface area (Å²) < 4.78 is 17.9. The van der Waals surface area contributed by atoms with E-state index in [1.54, 1.807) is 54.6 Å². The summed E-state index contributed by atoms with van der Waals surface area (Å²) in [5.41, 5.74) is -2.62. The summed E-state index contributed by atoms with van der Waals surface area (Å²) in [4.78, 5) is 77.9. The van der Waals surface area contributed by atoms with Gasteiger partial charge in [-0.2, -0.15) is 0 Å². The third-order valence-electron chi connectivity index (χ3n) is 6.59. The number of allylic oxidation sites excluding steroid dienone is 1. The maximum atomic E-state index is 13.5. The van der Waals surface area contributed by atoms with E-state index in [-0.39, 0.29) is 23.2 Å². The minimum atomic E-state index is -1.51. The first-order valence-electron chi connectivity index (χ1n) is 14.1. The molecule has 4 aromatic rings. The summed E-state index contributed by atoms with van der Waals surface area (Å²) in [6.45, 7) is 0.876. The lowest BCUT2D eigenvalue weighted by molar-refractivity contribution is -0.00633. The SMILES string of the molecule is C=CCn1c(=O)n(CC(O)COC(=O)c2ccccc2)c(=O)n(CC(COC(=O)c2ccccc2)OC(=O)c2ccccc2)c1=O. The van der Waals surface area contributed by atoms with Crippen molar-refractivity contribution in [3.8, 4) is 0 Å². The first-order chi connectivity index (χ1) is 22.2. The summed E-state index contributed by atoms with van der Waals surface area (Å²) in [7, 11) is 0. The van der Waals surface area contributed by atoms with Gasteiger partial charge >= 0.3 is 35.0 Å². The number of carbonyl (C=O) groups excluding carboxylic acids is 3. The lowest BCUT2D eigenvalue weighted by Gasteiger charge is -2.21. The van der Waals surface area contributed by atoms with Crippen LogP contribution in [0.1, 0.15) is 31.1 Å². The largest absolute Gasteiger partial charge is 0.459 e. The van der Waals surface area contributed by atoms with Crippen molar-refractivity contribution in [2.24, 2.45) is 0 Å². The quantitative estimate of drug-likeness (QED) is 0.123. The van der Waals surface area contributed by atoms with Crippen LogP contribution in [-0.2, 0) is 33.8 Å². The first-order valence-corrected chi connectivity index (χ1v) is 14.1. The van der Waals surface area contributed by atoms with Gasteiger partial charge in [0, 0.05) is 0 Å². The van der Waals surface area contributed by atoms with Crippen molar-refractivity contribution in [1.82, 2.24) is 13.7 Å². The number of ether oxygens (including phenoxy) is 3. The zero-order valence-corrected chi connectivity index (χ0v) is 24.6. The van der Waals surface area contributed by atoms with Gasteiger partial charge in [0.15, 0.2) is 6.10 Å². The molecule has 0 fully saturated rings. The second-order valence-electron chi connectivity index (χ2n) is 9.94. The molecule has 2 atom stereocenters. The summed E-state index contributed by atoms with van der Waals surface area (Å²) in [5.74, 6) is -2.28. The topological polar surface area (TPSA) is 165 Å². The Hall–Kier alpha value is -5.82. The Balaban J connectivity index is 1.61. The predicted octanol–water partition coefficient (Wildman–Crippen LogP) is 1.66. The lowest BCUT2D eigenvalue weighted by atomic mass is 10.2. The monoisotopic (exact) mass is 629 g/mol. The van der Waals surface area contributed by atoms with E-state index >= 15 is 0 Å². The highest BCUT2D eigenvalue weighted by Gasteiger charge is 2.25. The minimum absolute atomic E-state index is 0.163. The molecule has 3 aromatic carbocycles. The smallest absolute Gasteiger partial charge is 0.338 e. The van der Waals surface area contributed by atoms with Crippen LogP contribution in [0, 0.1) is 0 Å². The molecule has 0 aliphatic carbocycles. The predicted molar refractivity (Wildman–Crippen MR) is 165 cm³/mol. The highest BCUT2D eigenvalue weighted by atomic mass is 16.6. The maximum absolute atomic E-state index is 13.5. The molecule has 46 heavy (non-hydrogen) atoms. The third kappa shape index (κ3) is 8.42. The van der Waals surface area contributed by atoms with Crippen molar-refractivity contribution < 1.29 is 33.7 Å². The highest BCUT2D eigenvalue weighted by Crippen LogP contribution is 2.08. The zero-order valence-electron chi connectivity index (χ0n) is 24.6. The van der Waals surface area contributed by atoms with Crippen LogP contribution in [0.25, 0.3) is 0 Å². The van der Waals surface area contributed by atoms with Gasteiger partial charge in [-0.1, -0.05) is 60.7 Å².